The van der Waals surface area contributed by atoms with Gasteiger partial charge in [0.25, 0.3) is 10.0 Å². The van der Waals surface area contributed by atoms with Crippen LogP contribution in [0.3, 0.4) is 0 Å². The molecule has 0 fully saturated rings. The Morgan fingerprint density at radius 2 is 2.28 bits per heavy atom. The van der Waals surface area contributed by atoms with E-state index in [4.69, 9.17) is 11.6 Å². The minimum absolute atomic E-state index is 0.0970. The van der Waals surface area contributed by atoms with Crippen LogP contribution in [0.4, 0.5) is 0 Å². The fourth-order valence-corrected chi connectivity index (χ4v) is 4.04. The van der Waals surface area contributed by atoms with Gasteiger partial charge < -0.3 is 0 Å². The third kappa shape index (κ3) is 3.02. The van der Waals surface area contributed by atoms with E-state index in [1.54, 1.807) is 19.2 Å². The molecule has 0 aliphatic heterocycles. The molecule has 96 valence electrons. The molecule has 0 aliphatic carbocycles. The number of hydrogen-bond donors (Lipinski definition) is 1. The molecular weight excluding hydrogens is 296 g/mol. The van der Waals surface area contributed by atoms with Gasteiger partial charge in [0.05, 0.1) is 17.9 Å². The number of aryl methyl sites for hydroxylation is 1. The smallest absolute Gasteiger partial charge is 0.245 e. The fraction of sp³-hybridized carbons (Fsp3) is 0.222. The number of hydrogen-bond acceptors (Lipinski definition) is 6. The van der Waals surface area contributed by atoms with Gasteiger partial charge in [-0.1, -0.05) is 22.9 Å². The van der Waals surface area contributed by atoms with Gasteiger partial charge in [-0.15, -0.1) is 0 Å². The first-order valence-electron chi connectivity index (χ1n) is 4.86. The van der Waals surface area contributed by atoms with E-state index in [1.807, 2.05) is 0 Å². The number of aromatic nitrogens is 3. The summed E-state index contributed by atoms with van der Waals surface area (Å²) in [4.78, 5) is 11.5. The maximum absolute atomic E-state index is 12.0. The Morgan fingerprint density at radius 3 is 2.83 bits per heavy atom. The van der Waals surface area contributed by atoms with Crippen LogP contribution in [-0.2, 0) is 16.6 Å². The molecule has 0 aromatic carbocycles. The highest BCUT2D eigenvalue weighted by Crippen LogP contribution is 2.26. The van der Waals surface area contributed by atoms with Gasteiger partial charge in [-0.3, -0.25) is 0 Å². The van der Waals surface area contributed by atoms with E-state index >= 15 is 0 Å². The Bertz CT molecular complexity index is 642. The molecule has 0 bridgehead atoms. The standard InChI is InChI=1S/C9H9ClN4O2S2/c1-6-8(17-9(10)14-6)18(15,16)13-4-7-2-3-11-5-12-7/h2-3,5,13H,4H2,1H3. The summed E-state index contributed by atoms with van der Waals surface area (Å²) in [5.41, 5.74) is 0.974. The van der Waals surface area contributed by atoms with Crippen molar-refractivity contribution in [2.24, 2.45) is 0 Å². The van der Waals surface area contributed by atoms with Crippen LogP contribution in [-0.4, -0.2) is 23.4 Å². The van der Waals surface area contributed by atoms with Crippen LogP contribution >= 0.6 is 22.9 Å². The summed E-state index contributed by atoms with van der Waals surface area (Å²) in [6, 6.07) is 1.63. The number of nitrogens with zero attached hydrogens (tertiary/aromatic N) is 3. The molecule has 0 radical (unpaired) electrons. The fourth-order valence-electron chi connectivity index (χ4n) is 1.26. The lowest BCUT2D eigenvalue weighted by Crippen LogP contribution is -2.23. The molecule has 2 heterocycles. The molecule has 0 aliphatic rings. The Kier molecular flexibility index (Phi) is 3.91. The Morgan fingerprint density at radius 1 is 1.50 bits per heavy atom. The van der Waals surface area contributed by atoms with Crippen molar-refractivity contribution in [3.63, 3.8) is 0 Å². The highest BCUT2D eigenvalue weighted by Gasteiger charge is 2.21. The summed E-state index contributed by atoms with van der Waals surface area (Å²) in [6.45, 7) is 1.70. The van der Waals surface area contributed by atoms with Crippen LogP contribution in [0.25, 0.3) is 0 Å². The van der Waals surface area contributed by atoms with Crippen LogP contribution in [0, 0.1) is 6.92 Å². The van der Waals surface area contributed by atoms with Crippen molar-refractivity contribution in [1.29, 1.82) is 0 Å². The Hall–Kier alpha value is -1.09. The second-order valence-electron chi connectivity index (χ2n) is 3.36. The van der Waals surface area contributed by atoms with Crippen LogP contribution in [0.5, 0.6) is 0 Å². The summed E-state index contributed by atoms with van der Waals surface area (Å²) in [7, 11) is -3.61. The van der Waals surface area contributed by atoms with Gasteiger partial charge in [0, 0.05) is 6.20 Å². The van der Waals surface area contributed by atoms with Crippen molar-refractivity contribution in [3.05, 3.63) is 34.4 Å². The van der Waals surface area contributed by atoms with E-state index in [0.29, 0.717) is 11.4 Å². The van der Waals surface area contributed by atoms with Crippen molar-refractivity contribution < 1.29 is 8.42 Å². The van der Waals surface area contributed by atoms with Gasteiger partial charge >= 0.3 is 0 Å². The lowest BCUT2D eigenvalue weighted by atomic mass is 10.4. The Labute approximate surface area is 113 Å². The second kappa shape index (κ2) is 5.27. The first-order chi connectivity index (χ1) is 8.49. The largest absolute Gasteiger partial charge is 0.252 e. The van der Waals surface area contributed by atoms with E-state index < -0.39 is 10.0 Å². The van der Waals surface area contributed by atoms with Gasteiger partial charge in [-0.2, -0.15) is 0 Å². The third-order valence-corrected chi connectivity index (χ3v) is 5.33. The minimum atomic E-state index is -3.61. The van der Waals surface area contributed by atoms with Gasteiger partial charge in [0.15, 0.2) is 8.68 Å². The summed E-state index contributed by atoms with van der Waals surface area (Å²) in [5.74, 6) is 0. The molecular formula is C9H9ClN4O2S2. The van der Waals surface area contributed by atoms with Crippen molar-refractivity contribution in [1.82, 2.24) is 19.7 Å². The first-order valence-corrected chi connectivity index (χ1v) is 7.54. The number of rotatable bonds is 4. The molecule has 2 rings (SSSR count). The molecule has 0 unspecified atom stereocenters. The predicted molar refractivity (Wildman–Crippen MR) is 67.9 cm³/mol. The lowest BCUT2D eigenvalue weighted by Gasteiger charge is -2.04. The molecule has 9 heteroatoms. The van der Waals surface area contributed by atoms with E-state index in [1.165, 1.54) is 6.33 Å². The molecule has 0 saturated carbocycles. The SMILES string of the molecule is Cc1nc(Cl)sc1S(=O)(=O)NCc1ccncn1. The molecule has 2 aromatic heterocycles. The molecule has 0 atom stereocenters. The molecule has 2 aromatic rings. The first kappa shape index (κ1) is 13.3. The summed E-state index contributed by atoms with van der Waals surface area (Å²) < 4.78 is 26.8. The van der Waals surface area contributed by atoms with Crippen molar-refractivity contribution >= 4 is 33.0 Å². The Balaban J connectivity index is 2.16. The summed E-state index contributed by atoms with van der Waals surface area (Å²) in [5, 5.41) is 0. The zero-order chi connectivity index (χ0) is 13.2. The zero-order valence-corrected chi connectivity index (χ0v) is 11.7. The molecule has 0 amide bonds. The van der Waals surface area contributed by atoms with Crippen LogP contribution in [0.1, 0.15) is 11.4 Å². The maximum Gasteiger partial charge on any atom is 0.252 e. The second-order valence-corrected chi connectivity index (χ2v) is 6.91. The quantitative estimate of drug-likeness (QED) is 0.922. The molecule has 1 N–H and O–H groups in total. The van der Waals surface area contributed by atoms with Crippen molar-refractivity contribution in [2.75, 3.05) is 0 Å². The van der Waals surface area contributed by atoms with Gasteiger partial charge in [-0.05, 0) is 13.0 Å². The number of halogens is 1. The molecule has 0 spiro atoms. The topological polar surface area (TPSA) is 84.8 Å². The van der Waals surface area contributed by atoms with Gasteiger partial charge in [0.2, 0.25) is 0 Å². The van der Waals surface area contributed by atoms with Crippen molar-refractivity contribution in [2.45, 2.75) is 17.7 Å². The monoisotopic (exact) mass is 304 g/mol. The average Bonchev–Trinajstić information content (AvgIpc) is 2.68. The molecule has 0 saturated heterocycles. The summed E-state index contributed by atoms with van der Waals surface area (Å²) in [6.07, 6.45) is 2.91. The number of nitrogens with one attached hydrogen (secondary N) is 1. The van der Waals surface area contributed by atoms with Crippen molar-refractivity contribution in [3.8, 4) is 0 Å². The van der Waals surface area contributed by atoms with E-state index in [9.17, 15) is 8.42 Å². The summed E-state index contributed by atoms with van der Waals surface area (Å²) >= 11 is 6.61. The minimum Gasteiger partial charge on any atom is -0.245 e. The zero-order valence-electron chi connectivity index (χ0n) is 9.29. The molecule has 6 nitrogen and oxygen atoms in total. The van der Waals surface area contributed by atoms with Gasteiger partial charge in [-0.25, -0.2) is 28.1 Å². The predicted octanol–water partition coefficient (Wildman–Crippen LogP) is 1.37. The normalized spacial score (nSPS) is 11.7. The highest BCUT2D eigenvalue weighted by atomic mass is 35.5. The van der Waals surface area contributed by atoms with E-state index in [-0.39, 0.29) is 15.2 Å². The molecule has 18 heavy (non-hydrogen) atoms. The number of thiazole rings is 1. The van der Waals surface area contributed by atoms with E-state index in [0.717, 1.165) is 11.3 Å². The highest BCUT2D eigenvalue weighted by molar-refractivity contribution is 7.91. The van der Waals surface area contributed by atoms with Crippen LogP contribution < -0.4 is 4.72 Å². The maximum atomic E-state index is 12.0. The van der Waals surface area contributed by atoms with E-state index in [2.05, 4.69) is 19.7 Å². The third-order valence-electron chi connectivity index (χ3n) is 2.06. The van der Waals surface area contributed by atoms with Crippen LogP contribution in [0.15, 0.2) is 22.8 Å². The average molecular weight is 305 g/mol. The number of sulfonamides is 1. The van der Waals surface area contributed by atoms with Gasteiger partial charge in [0.1, 0.15) is 6.33 Å². The lowest BCUT2D eigenvalue weighted by molar-refractivity contribution is 0.581. The van der Waals surface area contributed by atoms with Crippen LogP contribution in [0.2, 0.25) is 4.47 Å².